The third-order valence-corrected chi connectivity index (χ3v) is 4.99. The molecule has 0 rings (SSSR count). The number of allylic oxidation sites excluding steroid dienone is 1. The number of aliphatic hydroxyl groups excluding tert-OH is 1. The van der Waals surface area contributed by atoms with Crippen molar-refractivity contribution in [2.45, 2.75) is 103 Å². The Morgan fingerprint density at radius 1 is 1.00 bits per heavy atom. The first-order valence-electron chi connectivity index (χ1n) is 10.5. The third kappa shape index (κ3) is 23.5. The smallest absolute Gasteiger partial charge is 0.217 e. The molecule has 0 aromatic carbocycles. The summed E-state index contributed by atoms with van der Waals surface area (Å²) in [5.41, 5.74) is 0. The summed E-state index contributed by atoms with van der Waals surface area (Å²) in [6.45, 7) is 2.88. The van der Waals surface area contributed by atoms with E-state index >= 15 is 0 Å². The number of hydrogen-bond donors (Lipinski definition) is 4. The van der Waals surface area contributed by atoms with Gasteiger partial charge in [0.1, 0.15) is 0 Å². The van der Waals surface area contributed by atoms with Crippen molar-refractivity contribution in [1.82, 2.24) is 17.6 Å². The van der Waals surface area contributed by atoms with E-state index in [1.807, 2.05) is 0 Å². The lowest BCUT2D eigenvalue weighted by atomic mass is 10.0. The van der Waals surface area contributed by atoms with E-state index in [9.17, 15) is 24.3 Å². The maximum Gasteiger partial charge on any atom is 0.217 e. The van der Waals surface area contributed by atoms with Crippen LogP contribution in [0, 0.1) is 0 Å². The van der Waals surface area contributed by atoms with Gasteiger partial charge in [-0.1, -0.05) is 83.3 Å². The van der Waals surface area contributed by atoms with E-state index in [0.717, 1.165) is 19.3 Å². The quantitative estimate of drug-likeness (QED) is 0.138. The molecule has 182 valence electrons. The third-order valence-electron chi connectivity index (χ3n) is 4.52. The lowest BCUT2D eigenvalue weighted by molar-refractivity contribution is -0.342. The summed E-state index contributed by atoms with van der Waals surface area (Å²) in [6.07, 6.45) is 16.9. The Labute approximate surface area is 182 Å². The zero-order valence-electron chi connectivity index (χ0n) is 19.4. The number of quaternary nitrogens is 2. The van der Waals surface area contributed by atoms with Gasteiger partial charge >= 0.3 is 0 Å². The first kappa shape index (κ1) is 33.8. The summed E-state index contributed by atoms with van der Waals surface area (Å²) in [6, 6.07) is -0.984. The van der Waals surface area contributed by atoms with Crippen molar-refractivity contribution in [3.63, 3.8) is 0 Å². The Morgan fingerprint density at radius 2 is 1.47 bits per heavy atom. The van der Waals surface area contributed by atoms with E-state index in [1.54, 1.807) is 6.08 Å². The number of carbonyl (C=O) groups excluding carboxylic acids is 1. The van der Waals surface area contributed by atoms with Crippen LogP contribution in [0.5, 0.6) is 0 Å². The van der Waals surface area contributed by atoms with Crippen LogP contribution in [0.3, 0.4) is 0 Å². The summed E-state index contributed by atoms with van der Waals surface area (Å²) in [7, 11) is -5.15. The predicted octanol–water partition coefficient (Wildman–Crippen LogP) is 3.71. The SMILES string of the molecule is CCCCCCCCCCCCC/C=C/[C@@H](O)[C@H](COP(=O)([O-])[O-])NC(C)=O.[NH4+].[NH4+]. The van der Waals surface area contributed by atoms with Crippen LogP contribution >= 0.6 is 7.82 Å². The first-order valence-corrected chi connectivity index (χ1v) is 12.0. The van der Waals surface area contributed by atoms with Gasteiger partial charge in [-0.2, -0.15) is 0 Å². The van der Waals surface area contributed by atoms with Crippen molar-refractivity contribution >= 4 is 13.7 Å². The summed E-state index contributed by atoms with van der Waals surface area (Å²) < 4.78 is 14.7. The van der Waals surface area contributed by atoms with Gasteiger partial charge in [-0.05, 0) is 12.8 Å². The average Bonchev–Trinajstić information content (AvgIpc) is 2.61. The van der Waals surface area contributed by atoms with Crippen molar-refractivity contribution in [3.05, 3.63) is 12.2 Å². The number of aliphatic hydroxyl groups is 1. The van der Waals surface area contributed by atoms with Crippen LogP contribution in [0.2, 0.25) is 0 Å². The maximum atomic E-state index is 11.1. The van der Waals surface area contributed by atoms with Gasteiger partial charge < -0.3 is 41.6 Å². The highest BCUT2D eigenvalue weighted by atomic mass is 31.2. The molecule has 0 aliphatic carbocycles. The number of phosphoric ester groups is 1. The fourth-order valence-electron chi connectivity index (χ4n) is 2.95. The van der Waals surface area contributed by atoms with Gasteiger partial charge in [-0.15, -0.1) is 0 Å². The molecule has 0 aliphatic heterocycles. The summed E-state index contributed by atoms with van der Waals surface area (Å²) in [5.74, 6) is -0.446. The number of nitrogens with one attached hydrogen (secondary N) is 1. The van der Waals surface area contributed by atoms with Crippen molar-refractivity contribution in [3.8, 4) is 0 Å². The van der Waals surface area contributed by atoms with E-state index in [0.29, 0.717) is 0 Å². The first-order chi connectivity index (χ1) is 13.3. The van der Waals surface area contributed by atoms with E-state index in [-0.39, 0.29) is 12.3 Å². The van der Waals surface area contributed by atoms with Crippen molar-refractivity contribution in [1.29, 1.82) is 0 Å². The zero-order chi connectivity index (χ0) is 21.3. The number of rotatable bonds is 18. The van der Waals surface area contributed by atoms with Gasteiger partial charge in [-0.25, -0.2) is 0 Å². The number of unbranched alkanes of at least 4 members (excludes halogenated alkanes) is 11. The molecule has 0 spiro atoms. The van der Waals surface area contributed by atoms with Gasteiger partial charge in [0.2, 0.25) is 5.91 Å². The zero-order valence-corrected chi connectivity index (χ0v) is 20.3. The van der Waals surface area contributed by atoms with Gasteiger partial charge in [-0.3, -0.25) is 4.79 Å². The van der Waals surface area contributed by atoms with Crippen LogP contribution in [0.4, 0.5) is 0 Å². The van der Waals surface area contributed by atoms with Crippen LogP contribution in [-0.4, -0.2) is 29.8 Å². The number of carbonyl (C=O) groups is 1. The molecule has 0 unspecified atom stereocenters. The molecule has 0 saturated carbocycles. The molecular formula is C20H46N3O6P. The molecule has 2 atom stereocenters. The summed E-state index contributed by atoms with van der Waals surface area (Å²) in [5, 5.41) is 12.4. The van der Waals surface area contributed by atoms with Crippen LogP contribution in [0.25, 0.3) is 0 Å². The molecule has 0 saturated heterocycles. The largest absolute Gasteiger partial charge is 0.790 e. The van der Waals surface area contributed by atoms with Crippen molar-refractivity contribution in [2.24, 2.45) is 0 Å². The number of amides is 1. The molecule has 10 N–H and O–H groups in total. The van der Waals surface area contributed by atoms with Crippen molar-refractivity contribution in [2.75, 3.05) is 6.61 Å². The van der Waals surface area contributed by atoms with Crippen LogP contribution < -0.4 is 27.4 Å². The maximum absolute atomic E-state index is 11.1. The normalized spacial score (nSPS) is 13.4. The van der Waals surface area contributed by atoms with E-state index in [2.05, 4.69) is 16.8 Å². The minimum absolute atomic E-state index is 0. The van der Waals surface area contributed by atoms with Gasteiger partial charge in [0.15, 0.2) is 0 Å². The van der Waals surface area contributed by atoms with Gasteiger partial charge in [0, 0.05) is 6.92 Å². The molecule has 0 aromatic rings. The lowest BCUT2D eigenvalue weighted by Crippen LogP contribution is -2.45. The Balaban J connectivity index is -0.00000364. The number of phosphoric acid groups is 1. The minimum Gasteiger partial charge on any atom is -0.790 e. The monoisotopic (exact) mass is 455 g/mol. The molecule has 30 heavy (non-hydrogen) atoms. The minimum atomic E-state index is -5.15. The fraction of sp³-hybridized carbons (Fsp3) is 0.850. The van der Waals surface area contributed by atoms with Crippen molar-refractivity contribution < 1.29 is 28.8 Å². The van der Waals surface area contributed by atoms with E-state index < -0.39 is 32.5 Å². The molecular weight excluding hydrogens is 409 g/mol. The topological polar surface area (TPSA) is 195 Å². The molecule has 0 radical (unpaired) electrons. The summed E-state index contributed by atoms with van der Waals surface area (Å²) in [4.78, 5) is 32.3. The second kappa shape index (κ2) is 21.4. The Morgan fingerprint density at radius 3 is 1.90 bits per heavy atom. The van der Waals surface area contributed by atoms with Gasteiger partial charge in [0.25, 0.3) is 0 Å². The Bertz CT molecular complexity index is 473. The molecule has 1 amide bonds. The van der Waals surface area contributed by atoms with E-state index in [1.165, 1.54) is 70.8 Å². The molecule has 0 fully saturated rings. The Kier molecular flexibility index (Phi) is 24.2. The fourth-order valence-corrected chi connectivity index (χ4v) is 3.30. The highest BCUT2D eigenvalue weighted by Gasteiger charge is 2.18. The second-order valence-corrected chi connectivity index (χ2v) is 8.45. The molecule has 0 aromatic heterocycles. The highest BCUT2D eigenvalue weighted by Crippen LogP contribution is 2.24. The predicted molar refractivity (Wildman–Crippen MR) is 119 cm³/mol. The molecule has 10 heteroatoms. The average molecular weight is 456 g/mol. The molecule has 0 bridgehead atoms. The van der Waals surface area contributed by atoms with E-state index in [4.69, 9.17) is 0 Å². The van der Waals surface area contributed by atoms with Crippen LogP contribution in [0.1, 0.15) is 90.9 Å². The molecule has 0 aliphatic rings. The molecule has 9 nitrogen and oxygen atoms in total. The van der Waals surface area contributed by atoms with Crippen LogP contribution in [0.15, 0.2) is 12.2 Å². The second-order valence-electron chi connectivity index (χ2n) is 7.29. The Hall–Kier alpha value is -0.800. The van der Waals surface area contributed by atoms with Gasteiger partial charge in [0.05, 0.1) is 26.6 Å². The van der Waals surface area contributed by atoms with Crippen LogP contribution in [-0.2, 0) is 13.9 Å². The molecule has 0 heterocycles. The highest BCUT2D eigenvalue weighted by molar-refractivity contribution is 7.43. The number of hydrogen-bond acceptors (Lipinski definition) is 6. The lowest BCUT2D eigenvalue weighted by Gasteiger charge is -2.31. The summed E-state index contributed by atoms with van der Waals surface area (Å²) >= 11 is 0. The standard InChI is InChI=1S/C20H40NO6P.2H3N/c1-3-4-5-6-7-8-9-10-11-12-13-14-15-16-20(23)19(21-18(2)22)17-27-28(24,25)26;;/h15-16,19-20,23H,3-14,17H2,1-2H3,(H,21,22)(H2,24,25,26);2*1H3/b16-15+;;/t19-,20+;;/m0../s1.